The van der Waals surface area contributed by atoms with Crippen LogP contribution in [0.25, 0.3) is 0 Å². The summed E-state index contributed by atoms with van der Waals surface area (Å²) < 4.78 is 0. The number of nitrogens with one attached hydrogen (secondary N) is 2. The van der Waals surface area contributed by atoms with Gasteiger partial charge in [0.1, 0.15) is 0 Å². The fourth-order valence-electron chi connectivity index (χ4n) is 2.45. The van der Waals surface area contributed by atoms with Gasteiger partial charge in [0.15, 0.2) is 0 Å². The minimum Gasteiger partial charge on any atom is -0.325 e. The number of likely N-dealkylation sites (N-methyl/N-ethyl adjacent to an activating group) is 2. The smallest absolute Gasteiger partial charge is 0.238 e. The number of nitrogens with zero attached hydrogens (tertiary/aromatic N) is 2. The van der Waals surface area contributed by atoms with Gasteiger partial charge in [-0.3, -0.25) is 9.69 Å². The molecule has 1 amide bonds. The van der Waals surface area contributed by atoms with Crippen molar-refractivity contribution in [3.05, 3.63) is 29.3 Å². The van der Waals surface area contributed by atoms with E-state index in [1.54, 1.807) is 12.1 Å². The van der Waals surface area contributed by atoms with Crippen LogP contribution in [0.15, 0.2) is 24.3 Å². The maximum atomic E-state index is 11.9. The van der Waals surface area contributed by atoms with Crippen molar-refractivity contribution in [1.82, 2.24) is 15.1 Å². The summed E-state index contributed by atoms with van der Waals surface area (Å²) in [5.74, 6) is -0.0518. The molecule has 116 valence electrons. The zero-order valence-electron chi connectivity index (χ0n) is 12.6. The predicted octanol–water partition coefficient (Wildman–Crippen LogP) is 1.11. The lowest BCUT2D eigenvalue weighted by molar-refractivity contribution is -0.115. The van der Waals surface area contributed by atoms with E-state index in [4.69, 9.17) is 11.6 Å². The van der Waals surface area contributed by atoms with Gasteiger partial charge in [0.25, 0.3) is 0 Å². The van der Waals surface area contributed by atoms with Crippen molar-refractivity contribution >= 4 is 23.2 Å². The summed E-state index contributed by atoms with van der Waals surface area (Å²) in [6.45, 7) is 4.31. The normalized spacial score (nSPS) is 20.4. The lowest BCUT2D eigenvalue weighted by atomic mass is 10.2. The Kier molecular flexibility index (Phi) is 5.99. The first-order valence-corrected chi connectivity index (χ1v) is 7.57. The third kappa shape index (κ3) is 5.28. The van der Waals surface area contributed by atoms with Crippen LogP contribution in [0.1, 0.15) is 0 Å². The molecule has 1 heterocycles. The largest absolute Gasteiger partial charge is 0.325 e. The molecule has 6 heteroatoms. The molecule has 0 aliphatic carbocycles. The summed E-state index contributed by atoms with van der Waals surface area (Å²) in [4.78, 5) is 16.5. The van der Waals surface area contributed by atoms with Crippen LogP contribution in [-0.4, -0.2) is 68.6 Å². The first-order valence-electron chi connectivity index (χ1n) is 7.19. The Morgan fingerprint density at radius 2 is 2.19 bits per heavy atom. The second-order valence-corrected chi connectivity index (χ2v) is 6.02. The second kappa shape index (κ2) is 7.75. The van der Waals surface area contributed by atoms with Gasteiger partial charge in [0.05, 0.1) is 6.54 Å². The molecule has 5 nitrogen and oxygen atoms in total. The molecule has 1 fully saturated rings. The van der Waals surface area contributed by atoms with E-state index in [-0.39, 0.29) is 5.91 Å². The molecular formula is C15H23ClN4O. The van der Waals surface area contributed by atoms with Gasteiger partial charge in [0.2, 0.25) is 5.91 Å². The molecule has 0 spiro atoms. The number of hydrogen-bond donors (Lipinski definition) is 2. The van der Waals surface area contributed by atoms with Gasteiger partial charge in [0, 0.05) is 42.9 Å². The zero-order chi connectivity index (χ0) is 15.2. The number of benzene rings is 1. The van der Waals surface area contributed by atoms with Crippen molar-refractivity contribution < 1.29 is 4.79 Å². The number of halogens is 1. The Hall–Kier alpha value is -1.14. The quantitative estimate of drug-likeness (QED) is 0.855. The molecule has 1 unspecified atom stereocenters. The summed E-state index contributed by atoms with van der Waals surface area (Å²) in [5, 5.41) is 6.68. The Morgan fingerprint density at radius 3 is 2.95 bits per heavy atom. The second-order valence-electron chi connectivity index (χ2n) is 5.59. The highest BCUT2D eigenvalue weighted by molar-refractivity contribution is 6.30. The Balaban J connectivity index is 1.71. The van der Waals surface area contributed by atoms with Gasteiger partial charge in [-0.2, -0.15) is 0 Å². The van der Waals surface area contributed by atoms with Gasteiger partial charge in [-0.25, -0.2) is 0 Å². The van der Waals surface area contributed by atoms with E-state index < -0.39 is 0 Å². The molecule has 1 saturated heterocycles. The number of hydrogen-bond acceptors (Lipinski definition) is 4. The van der Waals surface area contributed by atoms with E-state index in [9.17, 15) is 4.79 Å². The van der Waals surface area contributed by atoms with E-state index in [0.717, 1.165) is 31.9 Å². The average molecular weight is 311 g/mol. The number of carbonyl (C=O) groups excluding carboxylic acids is 1. The van der Waals surface area contributed by atoms with E-state index >= 15 is 0 Å². The first-order chi connectivity index (χ1) is 10.0. The SMILES string of the molecule is CN1CCN(C)C(CNCC(=O)Nc2cccc(Cl)c2)C1. The number of rotatable bonds is 5. The average Bonchev–Trinajstić information content (AvgIpc) is 2.42. The highest BCUT2D eigenvalue weighted by Crippen LogP contribution is 2.14. The van der Waals surface area contributed by atoms with Gasteiger partial charge < -0.3 is 15.5 Å². The van der Waals surface area contributed by atoms with E-state index in [2.05, 4.69) is 34.5 Å². The molecule has 1 aliphatic heterocycles. The van der Waals surface area contributed by atoms with Crippen LogP contribution in [-0.2, 0) is 4.79 Å². The van der Waals surface area contributed by atoms with Crippen molar-refractivity contribution in [2.24, 2.45) is 0 Å². The Labute approximate surface area is 131 Å². The molecule has 2 N–H and O–H groups in total. The van der Waals surface area contributed by atoms with Gasteiger partial charge in [-0.1, -0.05) is 17.7 Å². The fourth-order valence-corrected chi connectivity index (χ4v) is 2.64. The molecule has 1 aromatic carbocycles. The van der Waals surface area contributed by atoms with E-state index in [1.807, 2.05) is 12.1 Å². The Bertz CT molecular complexity index is 482. The number of carbonyl (C=O) groups is 1. The monoisotopic (exact) mass is 310 g/mol. The number of anilines is 1. The molecule has 0 aromatic heterocycles. The van der Waals surface area contributed by atoms with Crippen molar-refractivity contribution in [3.63, 3.8) is 0 Å². The molecule has 0 saturated carbocycles. The van der Waals surface area contributed by atoms with Gasteiger partial charge >= 0.3 is 0 Å². The highest BCUT2D eigenvalue weighted by Gasteiger charge is 2.21. The lowest BCUT2D eigenvalue weighted by Gasteiger charge is -2.37. The van der Waals surface area contributed by atoms with Crippen molar-refractivity contribution in [2.75, 3.05) is 52.1 Å². The molecule has 21 heavy (non-hydrogen) atoms. The lowest BCUT2D eigenvalue weighted by Crippen LogP contribution is -2.54. The van der Waals surface area contributed by atoms with Crippen LogP contribution in [0, 0.1) is 0 Å². The fraction of sp³-hybridized carbons (Fsp3) is 0.533. The van der Waals surface area contributed by atoms with Crippen LogP contribution in [0.3, 0.4) is 0 Å². The summed E-state index contributed by atoms with van der Waals surface area (Å²) >= 11 is 5.89. The summed E-state index contributed by atoms with van der Waals surface area (Å²) in [6.07, 6.45) is 0. The summed E-state index contributed by atoms with van der Waals surface area (Å²) in [6, 6.07) is 7.61. The molecule has 0 radical (unpaired) electrons. The van der Waals surface area contributed by atoms with Crippen LogP contribution in [0.5, 0.6) is 0 Å². The zero-order valence-corrected chi connectivity index (χ0v) is 13.4. The number of amides is 1. The molecule has 2 rings (SSSR count). The van der Waals surface area contributed by atoms with Crippen molar-refractivity contribution in [1.29, 1.82) is 0 Å². The molecule has 1 aromatic rings. The Morgan fingerprint density at radius 1 is 1.38 bits per heavy atom. The van der Waals surface area contributed by atoms with Gasteiger partial charge in [-0.05, 0) is 32.3 Å². The summed E-state index contributed by atoms with van der Waals surface area (Å²) in [5.41, 5.74) is 0.726. The minimum atomic E-state index is -0.0518. The van der Waals surface area contributed by atoms with Crippen LogP contribution < -0.4 is 10.6 Å². The molecule has 1 aliphatic rings. The maximum absolute atomic E-state index is 11.9. The maximum Gasteiger partial charge on any atom is 0.238 e. The van der Waals surface area contributed by atoms with Crippen molar-refractivity contribution in [3.8, 4) is 0 Å². The molecule has 0 bridgehead atoms. The van der Waals surface area contributed by atoms with Crippen LogP contribution >= 0.6 is 11.6 Å². The standard InChI is InChI=1S/C15H23ClN4O/c1-19-6-7-20(2)14(11-19)9-17-10-15(21)18-13-5-3-4-12(16)8-13/h3-5,8,14,17H,6-7,9-11H2,1-2H3,(H,18,21). The van der Waals surface area contributed by atoms with Crippen LogP contribution in [0.2, 0.25) is 5.02 Å². The topological polar surface area (TPSA) is 47.6 Å². The summed E-state index contributed by atoms with van der Waals surface area (Å²) in [7, 11) is 4.26. The van der Waals surface area contributed by atoms with Crippen molar-refractivity contribution in [2.45, 2.75) is 6.04 Å². The first kappa shape index (κ1) is 16.2. The minimum absolute atomic E-state index is 0.0518. The molecule has 1 atom stereocenters. The third-order valence-electron chi connectivity index (χ3n) is 3.75. The van der Waals surface area contributed by atoms with E-state index in [1.165, 1.54) is 0 Å². The highest BCUT2D eigenvalue weighted by atomic mass is 35.5. The predicted molar refractivity (Wildman–Crippen MR) is 86.9 cm³/mol. The van der Waals surface area contributed by atoms with Crippen LogP contribution in [0.4, 0.5) is 5.69 Å². The molecular weight excluding hydrogens is 288 g/mol. The number of piperazine rings is 1. The van der Waals surface area contributed by atoms with E-state index in [0.29, 0.717) is 17.6 Å². The third-order valence-corrected chi connectivity index (χ3v) is 3.99. The van der Waals surface area contributed by atoms with Gasteiger partial charge in [-0.15, -0.1) is 0 Å².